The van der Waals surface area contributed by atoms with Gasteiger partial charge in [-0.1, -0.05) is 242 Å². The van der Waals surface area contributed by atoms with Crippen molar-refractivity contribution in [1.82, 2.24) is 13.7 Å². The van der Waals surface area contributed by atoms with Crippen molar-refractivity contribution in [3.63, 3.8) is 0 Å². The van der Waals surface area contributed by atoms with Crippen LogP contribution in [0.5, 0.6) is 0 Å². The number of para-hydroxylation sites is 8. The Morgan fingerprint density at radius 3 is 1.20 bits per heavy atom. The minimum Gasteiger partial charge on any atom is -0.452 e. The van der Waals surface area contributed by atoms with Crippen molar-refractivity contribution >= 4 is 145 Å². The molecule has 0 atom stereocenters. The summed E-state index contributed by atoms with van der Waals surface area (Å²) in [5.41, 5.74) is 4.07. The highest BCUT2D eigenvalue weighted by Gasteiger charge is 2.45. The Hall–Kier alpha value is -12.8. The second-order valence-electron chi connectivity index (χ2n) is 23.8. The molecule has 21 rings (SSSR count). The van der Waals surface area contributed by atoms with Gasteiger partial charge in [-0.2, -0.15) is 0 Å². The topological polar surface area (TPSA) is 34.4 Å². The molecule has 15 aromatic carbocycles. The Kier molecular flexibility index (Phi) is 7.05. The van der Waals surface area contributed by atoms with Crippen LogP contribution in [-0.4, -0.2) is 20.4 Å². The van der Waals surface area contributed by atoms with Gasteiger partial charge in [-0.25, -0.2) is 0 Å². The minimum atomic E-state index is -1.10. The first-order valence-corrected chi connectivity index (χ1v) is 31.1. The highest BCUT2D eigenvalue weighted by molar-refractivity contribution is 7.00. The molecule has 0 saturated heterocycles. The molecule has 0 spiro atoms. The van der Waals surface area contributed by atoms with E-state index in [0.717, 1.165) is 11.1 Å². The molecule has 0 unspecified atom stereocenters. The van der Waals surface area contributed by atoms with Gasteiger partial charge in [0.2, 0.25) is 0 Å². The maximum absolute atomic E-state index is 10.1. The number of anilines is 6. The van der Waals surface area contributed by atoms with E-state index in [0.29, 0.717) is 49.7 Å². The van der Waals surface area contributed by atoms with Crippen LogP contribution in [0.4, 0.5) is 34.1 Å². The van der Waals surface area contributed by atoms with Gasteiger partial charge in [-0.15, -0.1) is 0 Å². The van der Waals surface area contributed by atoms with E-state index in [2.05, 4.69) is 0 Å². The fourth-order valence-electron chi connectivity index (χ4n) is 14.8. The summed E-state index contributed by atoms with van der Waals surface area (Å²) in [6, 6.07) is 29.4. The standard InChI is InChI=1S/C90H56BN5O/c1-4-24-57(25-5-1)60-46-48-74-84(53-60)94(64-51-61(58-26-6-2-7-27-58)50-62(52-64)59-28-8-3-9-29-59)86-55-65(93-78-40-18-12-32-68(78)69-33-13-19-41-79(69)93)56-87-88(86)91(74)75-49-47-63(92-76-38-16-10-30-66(76)67-31-11-17-39-77(67)92)54-85(75)96(87)83-45-23-37-73-72-36-22-44-82(89(72)97-90(73)83)95-80-42-20-14-34-70(80)71-35-15-21-43-81(71)95/h1-56H/i1D,4D,5D,10D,11D,12D,13D,14D,15D,16D,17D,18D,19D,20D,21D,24D,25D,30D,31D,32D,33D,34D,35D,38D,39D,40D,41D,42D,43D. The van der Waals surface area contributed by atoms with Crippen LogP contribution in [-0.2, 0) is 0 Å². The number of rotatable bonds is 8. The number of aromatic nitrogens is 3. The minimum absolute atomic E-state index is 0.00264. The zero-order chi connectivity index (χ0) is 88.6. The van der Waals surface area contributed by atoms with Crippen LogP contribution in [0.15, 0.2) is 343 Å². The summed E-state index contributed by atoms with van der Waals surface area (Å²) in [5, 5.41) is -0.821. The molecule has 0 radical (unpaired) electrons. The van der Waals surface area contributed by atoms with E-state index in [4.69, 9.17) is 16.8 Å². The van der Waals surface area contributed by atoms with Gasteiger partial charge in [-0.05, 0) is 147 Å². The van der Waals surface area contributed by atoms with E-state index in [1.54, 1.807) is 89.8 Å². The molecular weight excluding hydrogens is 1180 g/mol. The molecule has 450 valence electrons. The fourth-order valence-corrected chi connectivity index (χ4v) is 14.8. The van der Waals surface area contributed by atoms with Crippen LogP contribution >= 0.6 is 0 Å². The lowest BCUT2D eigenvalue weighted by Crippen LogP contribution is -2.61. The Morgan fingerprint density at radius 1 is 0.247 bits per heavy atom. The molecule has 0 bridgehead atoms. The van der Waals surface area contributed by atoms with Gasteiger partial charge in [0.25, 0.3) is 6.71 Å². The number of furan rings is 1. The largest absolute Gasteiger partial charge is 0.452 e. The van der Waals surface area contributed by atoms with Gasteiger partial charge >= 0.3 is 0 Å². The molecule has 7 heteroatoms. The molecule has 6 nitrogen and oxygen atoms in total. The highest BCUT2D eigenvalue weighted by atomic mass is 16.3. The summed E-state index contributed by atoms with van der Waals surface area (Å²) >= 11 is 0. The molecule has 0 saturated carbocycles. The summed E-state index contributed by atoms with van der Waals surface area (Å²) in [6.07, 6.45) is 0. The van der Waals surface area contributed by atoms with Crippen molar-refractivity contribution in [3.05, 3.63) is 339 Å². The smallest absolute Gasteiger partial charge is 0.252 e. The maximum atomic E-state index is 10.1. The molecule has 0 amide bonds. The first-order chi connectivity index (χ1) is 60.2. The summed E-state index contributed by atoms with van der Waals surface area (Å²) in [7, 11) is 0. The third kappa shape index (κ3) is 7.91. The molecule has 0 fully saturated rings. The van der Waals surface area contributed by atoms with E-state index in [1.165, 1.54) is 13.7 Å². The van der Waals surface area contributed by atoms with Crippen LogP contribution in [0.25, 0.3) is 138 Å². The van der Waals surface area contributed by atoms with Crippen LogP contribution in [0.3, 0.4) is 0 Å². The van der Waals surface area contributed by atoms with Crippen molar-refractivity contribution in [3.8, 4) is 50.4 Å². The predicted octanol–water partition coefficient (Wildman–Crippen LogP) is 22.0. The average Bonchev–Trinajstić information content (AvgIpc) is 1.09. The first kappa shape index (κ1) is 32.8. The normalized spacial score (nSPS) is 16.9. The third-order valence-corrected chi connectivity index (χ3v) is 18.8. The van der Waals surface area contributed by atoms with E-state index in [9.17, 15) is 27.4 Å². The summed E-state index contributed by atoms with van der Waals surface area (Å²) in [4.78, 5) is 3.69. The van der Waals surface area contributed by atoms with E-state index in [-0.39, 0.29) is 128 Å². The van der Waals surface area contributed by atoms with Crippen molar-refractivity contribution in [2.24, 2.45) is 0 Å². The summed E-state index contributed by atoms with van der Waals surface area (Å²) in [6.45, 7) is -1.10. The maximum Gasteiger partial charge on any atom is 0.252 e. The highest BCUT2D eigenvalue weighted by Crippen LogP contribution is 2.51. The molecule has 19 aromatic rings. The molecule has 2 aliphatic rings. The zero-order valence-electron chi connectivity index (χ0n) is 79.3. The molecule has 97 heavy (non-hydrogen) atoms. The number of hydrogen-bond donors (Lipinski definition) is 0. The van der Waals surface area contributed by atoms with Crippen molar-refractivity contribution < 1.29 is 44.2 Å². The Morgan fingerprint density at radius 2 is 0.670 bits per heavy atom. The van der Waals surface area contributed by atoms with Crippen LogP contribution in [0.2, 0.25) is 0 Å². The Bertz CT molecular complexity index is 8000. The average molecular weight is 1260 g/mol. The Labute approximate surface area is 600 Å². The molecule has 4 aromatic heterocycles. The third-order valence-electron chi connectivity index (χ3n) is 18.8. The predicted molar refractivity (Wildman–Crippen MR) is 407 cm³/mol. The van der Waals surface area contributed by atoms with Crippen LogP contribution in [0, 0.1) is 0 Å². The van der Waals surface area contributed by atoms with Crippen molar-refractivity contribution in [1.29, 1.82) is 0 Å². The molecule has 2 aliphatic heterocycles. The van der Waals surface area contributed by atoms with Gasteiger partial charge in [0, 0.05) is 77.2 Å². The van der Waals surface area contributed by atoms with Gasteiger partial charge in [0.05, 0.1) is 89.9 Å². The lowest BCUT2D eigenvalue weighted by Gasteiger charge is -2.44. The second-order valence-corrected chi connectivity index (χ2v) is 23.8. The molecule has 6 heterocycles. The van der Waals surface area contributed by atoms with Gasteiger partial charge < -0.3 is 27.9 Å². The van der Waals surface area contributed by atoms with Gasteiger partial charge in [0.1, 0.15) is 0 Å². The molecule has 0 aliphatic carbocycles. The zero-order valence-corrected chi connectivity index (χ0v) is 50.3. The van der Waals surface area contributed by atoms with Crippen molar-refractivity contribution in [2.45, 2.75) is 0 Å². The lowest BCUT2D eigenvalue weighted by atomic mass is 9.33. The SMILES string of the molecule is [2H]c1c([2H])c([2H])c(-c2ccc3c(c2)N(c2cc(-c4ccccc4)cc(-c4ccccc4)c2)c2cc(-n4c5c([2H])c([2H])c([2H])c([2H])c5c5c([2H])c([2H])c([2H])c([2H])c54)cc4c2B3c2ccc(-n3c5c([2H])c([2H])c([2H])c([2H])c5c5c([2H])c([2H])c([2H])c([2H])c53)cc2N4c2cccc3c2oc2c(-n4c5c([2H])c([2H])c([2H])c([2H])c5c5c([2H])c([2H])c([2H])c([2H])c54)cccc23)c([2H])c1[2H]. The van der Waals surface area contributed by atoms with E-state index < -0.39 is 182 Å². The summed E-state index contributed by atoms with van der Waals surface area (Å²) in [5.74, 6) is 0. The quantitative estimate of drug-likeness (QED) is 0.142. The van der Waals surface area contributed by atoms with Crippen LogP contribution < -0.4 is 26.2 Å². The molecule has 0 N–H and O–H groups in total. The number of benzene rings is 15. The fraction of sp³-hybridized carbons (Fsp3) is 0. The monoisotopic (exact) mass is 1260 g/mol. The Balaban J connectivity index is 0.978. The van der Waals surface area contributed by atoms with Crippen molar-refractivity contribution in [2.75, 3.05) is 9.80 Å². The first-order valence-electron chi connectivity index (χ1n) is 45.6. The second kappa shape index (κ2) is 20.8. The van der Waals surface area contributed by atoms with Crippen LogP contribution in [0.1, 0.15) is 39.8 Å². The van der Waals surface area contributed by atoms with Gasteiger partial charge in [0.15, 0.2) is 11.2 Å². The number of nitrogens with zero attached hydrogens (tertiary/aromatic N) is 5. The summed E-state index contributed by atoms with van der Waals surface area (Å²) < 4.78 is 284. The van der Waals surface area contributed by atoms with Gasteiger partial charge in [-0.3, -0.25) is 0 Å². The van der Waals surface area contributed by atoms with E-state index in [1.807, 2.05) is 83.8 Å². The number of fused-ring (bicyclic) bond motifs is 16. The number of hydrogen-bond acceptors (Lipinski definition) is 3. The molecular formula is C90H56BN5O. The van der Waals surface area contributed by atoms with E-state index >= 15 is 0 Å². The lowest BCUT2D eigenvalue weighted by molar-refractivity contribution is 0.666.